The summed E-state index contributed by atoms with van der Waals surface area (Å²) in [4.78, 5) is 13.3. The zero-order valence-electron chi connectivity index (χ0n) is 10.8. The molecule has 0 unspecified atom stereocenters. The summed E-state index contributed by atoms with van der Waals surface area (Å²) < 4.78 is 0. The highest BCUT2D eigenvalue weighted by Gasteiger charge is 2.26. The summed E-state index contributed by atoms with van der Waals surface area (Å²) in [6.45, 7) is 5.82. The quantitative estimate of drug-likeness (QED) is 0.727. The van der Waals surface area contributed by atoms with E-state index >= 15 is 0 Å². The lowest BCUT2D eigenvalue weighted by Crippen LogP contribution is -2.31. The molecular weight excluding hydrogens is 202 g/mol. The van der Waals surface area contributed by atoms with E-state index in [1.165, 1.54) is 25.8 Å². The summed E-state index contributed by atoms with van der Waals surface area (Å²) in [5.74, 6) is 0.214. The Balaban J connectivity index is 2.11. The molecule has 94 valence electrons. The van der Waals surface area contributed by atoms with Crippen molar-refractivity contribution in [2.24, 2.45) is 11.3 Å². The minimum Gasteiger partial charge on any atom is -0.481 e. The van der Waals surface area contributed by atoms with Gasteiger partial charge in [-0.25, -0.2) is 0 Å². The van der Waals surface area contributed by atoms with Crippen LogP contribution in [0.4, 0.5) is 0 Å². The van der Waals surface area contributed by atoms with Crippen LogP contribution < -0.4 is 0 Å². The van der Waals surface area contributed by atoms with E-state index in [1.54, 1.807) is 13.8 Å². The molecule has 0 saturated heterocycles. The first-order chi connectivity index (χ1) is 7.42. The Bertz CT molecular complexity index is 234. The predicted molar refractivity (Wildman–Crippen MR) is 65.5 cm³/mol. The SMILES string of the molecule is CN(CCCC(C)(C)C(=O)O)CC1CCC1. The normalized spacial score (nSPS) is 17.5. The van der Waals surface area contributed by atoms with Crippen molar-refractivity contribution in [3.63, 3.8) is 0 Å². The molecular formula is C13H25NO2. The lowest BCUT2D eigenvalue weighted by Gasteiger charge is -2.30. The van der Waals surface area contributed by atoms with Crippen molar-refractivity contribution in [2.75, 3.05) is 20.1 Å². The zero-order valence-corrected chi connectivity index (χ0v) is 10.8. The largest absolute Gasteiger partial charge is 0.481 e. The van der Waals surface area contributed by atoms with Crippen LogP contribution in [0.1, 0.15) is 46.0 Å². The topological polar surface area (TPSA) is 40.5 Å². The van der Waals surface area contributed by atoms with Crippen molar-refractivity contribution >= 4 is 5.97 Å². The van der Waals surface area contributed by atoms with Gasteiger partial charge < -0.3 is 10.0 Å². The van der Waals surface area contributed by atoms with Crippen LogP contribution in [0.5, 0.6) is 0 Å². The molecule has 1 aliphatic carbocycles. The van der Waals surface area contributed by atoms with Gasteiger partial charge in [0.05, 0.1) is 5.41 Å². The Morgan fingerprint density at radius 1 is 1.44 bits per heavy atom. The van der Waals surface area contributed by atoms with Crippen LogP contribution in [0.2, 0.25) is 0 Å². The fourth-order valence-corrected chi connectivity index (χ4v) is 2.11. The number of rotatable bonds is 7. The molecule has 16 heavy (non-hydrogen) atoms. The van der Waals surface area contributed by atoms with Gasteiger partial charge >= 0.3 is 5.97 Å². The number of carboxylic acids is 1. The second-order valence-electron chi connectivity index (χ2n) is 5.85. The Hall–Kier alpha value is -0.570. The van der Waals surface area contributed by atoms with E-state index in [0.29, 0.717) is 0 Å². The number of carboxylic acid groups (broad SMARTS) is 1. The van der Waals surface area contributed by atoms with Gasteiger partial charge in [-0.05, 0) is 59.0 Å². The maximum absolute atomic E-state index is 10.9. The van der Waals surface area contributed by atoms with Gasteiger partial charge in [0.25, 0.3) is 0 Å². The fraction of sp³-hybridized carbons (Fsp3) is 0.923. The molecule has 0 bridgehead atoms. The van der Waals surface area contributed by atoms with Crippen LogP contribution in [0, 0.1) is 11.3 Å². The summed E-state index contributed by atoms with van der Waals surface area (Å²) >= 11 is 0. The maximum atomic E-state index is 10.9. The standard InChI is InChI=1S/C13H25NO2/c1-13(2,12(15)16)8-5-9-14(3)10-11-6-4-7-11/h11H,4-10H2,1-3H3,(H,15,16). The molecule has 3 nitrogen and oxygen atoms in total. The molecule has 0 spiro atoms. The number of aliphatic carboxylic acids is 1. The molecule has 1 saturated carbocycles. The first-order valence-corrected chi connectivity index (χ1v) is 6.34. The van der Waals surface area contributed by atoms with E-state index in [-0.39, 0.29) is 0 Å². The average molecular weight is 227 g/mol. The summed E-state index contributed by atoms with van der Waals surface area (Å²) in [5.41, 5.74) is -0.572. The van der Waals surface area contributed by atoms with Gasteiger partial charge in [-0.2, -0.15) is 0 Å². The van der Waals surface area contributed by atoms with Gasteiger partial charge in [-0.1, -0.05) is 6.42 Å². The number of hydrogen-bond donors (Lipinski definition) is 1. The van der Waals surface area contributed by atoms with E-state index in [4.69, 9.17) is 5.11 Å². The fourth-order valence-electron chi connectivity index (χ4n) is 2.11. The molecule has 1 aliphatic rings. The summed E-state index contributed by atoms with van der Waals surface area (Å²) in [5, 5.41) is 8.99. The maximum Gasteiger partial charge on any atom is 0.309 e. The summed E-state index contributed by atoms with van der Waals surface area (Å²) in [6, 6.07) is 0. The van der Waals surface area contributed by atoms with Gasteiger partial charge in [0.15, 0.2) is 0 Å². The van der Waals surface area contributed by atoms with Crippen LogP contribution in [-0.2, 0) is 4.79 Å². The molecule has 0 atom stereocenters. The van der Waals surface area contributed by atoms with Gasteiger partial charge in [-0.15, -0.1) is 0 Å². The summed E-state index contributed by atoms with van der Waals surface area (Å²) in [6.07, 6.45) is 5.89. The molecule has 0 aromatic rings. The molecule has 0 aromatic carbocycles. The molecule has 3 heteroatoms. The second kappa shape index (κ2) is 5.67. The highest BCUT2D eigenvalue weighted by Crippen LogP contribution is 2.27. The number of hydrogen-bond acceptors (Lipinski definition) is 2. The monoisotopic (exact) mass is 227 g/mol. The van der Waals surface area contributed by atoms with Gasteiger partial charge in [0.1, 0.15) is 0 Å². The van der Waals surface area contributed by atoms with Crippen molar-refractivity contribution in [3.8, 4) is 0 Å². The third kappa shape index (κ3) is 4.12. The highest BCUT2D eigenvalue weighted by atomic mass is 16.4. The molecule has 0 aliphatic heterocycles. The average Bonchev–Trinajstić information content (AvgIpc) is 2.11. The molecule has 0 heterocycles. The zero-order chi connectivity index (χ0) is 12.2. The van der Waals surface area contributed by atoms with Crippen molar-refractivity contribution in [2.45, 2.75) is 46.0 Å². The summed E-state index contributed by atoms with van der Waals surface area (Å²) in [7, 11) is 2.14. The van der Waals surface area contributed by atoms with E-state index in [2.05, 4.69) is 11.9 Å². The molecule has 0 radical (unpaired) electrons. The predicted octanol–water partition coefficient (Wildman–Crippen LogP) is 2.61. The molecule has 1 N–H and O–H groups in total. The van der Waals surface area contributed by atoms with Crippen LogP contribution in [0.15, 0.2) is 0 Å². The third-order valence-electron chi connectivity index (χ3n) is 3.72. The van der Waals surface area contributed by atoms with Crippen LogP contribution in [0.3, 0.4) is 0 Å². The lowest BCUT2D eigenvalue weighted by atomic mass is 9.85. The minimum absolute atomic E-state index is 0.572. The molecule has 0 aromatic heterocycles. The van der Waals surface area contributed by atoms with E-state index in [9.17, 15) is 4.79 Å². The van der Waals surface area contributed by atoms with Crippen molar-refractivity contribution in [1.82, 2.24) is 4.90 Å². The van der Waals surface area contributed by atoms with Crippen molar-refractivity contribution < 1.29 is 9.90 Å². The molecule has 0 amide bonds. The second-order valence-corrected chi connectivity index (χ2v) is 5.85. The van der Waals surface area contributed by atoms with E-state index in [1.807, 2.05) is 0 Å². The van der Waals surface area contributed by atoms with E-state index < -0.39 is 11.4 Å². The van der Waals surface area contributed by atoms with Crippen LogP contribution in [-0.4, -0.2) is 36.1 Å². The number of nitrogens with zero attached hydrogens (tertiary/aromatic N) is 1. The molecule has 1 fully saturated rings. The smallest absolute Gasteiger partial charge is 0.309 e. The number of carbonyl (C=O) groups is 1. The van der Waals surface area contributed by atoms with Crippen molar-refractivity contribution in [3.05, 3.63) is 0 Å². The first kappa shape index (κ1) is 13.5. The van der Waals surface area contributed by atoms with Crippen molar-refractivity contribution in [1.29, 1.82) is 0 Å². The van der Waals surface area contributed by atoms with Gasteiger partial charge in [0, 0.05) is 6.54 Å². The minimum atomic E-state index is -0.686. The van der Waals surface area contributed by atoms with Gasteiger partial charge in [-0.3, -0.25) is 4.79 Å². The third-order valence-corrected chi connectivity index (χ3v) is 3.72. The van der Waals surface area contributed by atoms with E-state index in [0.717, 1.165) is 25.3 Å². The first-order valence-electron chi connectivity index (χ1n) is 6.34. The Kier molecular flexibility index (Phi) is 4.78. The highest BCUT2D eigenvalue weighted by molar-refractivity contribution is 5.73. The Labute approximate surface area is 98.8 Å². The lowest BCUT2D eigenvalue weighted by molar-refractivity contribution is -0.147. The molecule has 1 rings (SSSR count). The van der Waals surface area contributed by atoms with Crippen LogP contribution >= 0.6 is 0 Å². The Morgan fingerprint density at radius 2 is 2.06 bits per heavy atom. The van der Waals surface area contributed by atoms with Crippen LogP contribution in [0.25, 0.3) is 0 Å². The van der Waals surface area contributed by atoms with Gasteiger partial charge in [0.2, 0.25) is 0 Å². The Morgan fingerprint density at radius 3 is 2.50 bits per heavy atom.